The highest BCUT2D eigenvalue weighted by Gasteiger charge is 2.43. The van der Waals surface area contributed by atoms with E-state index in [1.165, 1.54) is 45.0 Å². The molecule has 0 saturated heterocycles. The number of anilines is 2. The number of aryl methyl sites for hydroxylation is 2. The molecule has 0 unspecified atom stereocenters. The molecule has 0 atom stereocenters. The predicted octanol–water partition coefficient (Wildman–Crippen LogP) is 6.58. The quantitative estimate of drug-likeness (QED) is 0.361. The van der Waals surface area contributed by atoms with Gasteiger partial charge in [-0.3, -0.25) is 0 Å². The molecule has 1 aliphatic heterocycles. The van der Waals surface area contributed by atoms with Crippen LogP contribution in [-0.4, -0.2) is 16.8 Å². The molecule has 1 aliphatic carbocycles. The minimum Gasteiger partial charge on any atom is -0.234 e. The highest BCUT2D eigenvalue weighted by molar-refractivity contribution is 7.93. The first-order valence-corrected chi connectivity index (χ1v) is 14.8. The van der Waals surface area contributed by atoms with Crippen molar-refractivity contribution >= 4 is 54.6 Å². The third kappa shape index (κ3) is 4.02. The maximum atomic E-state index is 14.0. The van der Waals surface area contributed by atoms with Crippen molar-refractivity contribution in [3.05, 3.63) is 105 Å². The van der Waals surface area contributed by atoms with Crippen molar-refractivity contribution in [3.8, 4) is 0 Å². The number of halogens is 2. The number of benzene rings is 3. The van der Waals surface area contributed by atoms with Gasteiger partial charge in [-0.2, -0.15) is 0 Å². The van der Waals surface area contributed by atoms with E-state index in [0.717, 1.165) is 11.1 Å². The van der Waals surface area contributed by atoms with Crippen molar-refractivity contribution in [2.45, 2.75) is 36.5 Å². The molecule has 0 N–H and O–H groups in total. The van der Waals surface area contributed by atoms with Gasteiger partial charge in [-0.25, -0.2) is 25.4 Å². The lowest BCUT2D eigenvalue weighted by Crippen LogP contribution is -2.42. The second-order valence-corrected chi connectivity index (χ2v) is 13.1. The van der Waals surface area contributed by atoms with E-state index >= 15 is 0 Å². The molecule has 1 heterocycles. The molecule has 0 saturated carbocycles. The topological polar surface area (TPSA) is 74.8 Å². The van der Waals surface area contributed by atoms with Crippen LogP contribution in [0.5, 0.6) is 0 Å². The second kappa shape index (κ2) is 8.95. The molecule has 6 nitrogen and oxygen atoms in total. The van der Waals surface area contributed by atoms with Gasteiger partial charge in [-0.15, -0.1) is 0 Å². The zero-order chi connectivity index (χ0) is 25.8. The van der Waals surface area contributed by atoms with Gasteiger partial charge in [0.1, 0.15) is 0 Å². The molecule has 0 amide bonds. The average molecular weight is 562 g/mol. The van der Waals surface area contributed by atoms with E-state index in [9.17, 15) is 16.8 Å². The molecule has 0 fully saturated rings. The lowest BCUT2D eigenvalue weighted by Gasteiger charge is -2.41. The van der Waals surface area contributed by atoms with Gasteiger partial charge in [0, 0.05) is 0 Å². The average Bonchev–Trinajstić information content (AvgIpc) is 2.83. The molecule has 2 aliphatic rings. The summed E-state index contributed by atoms with van der Waals surface area (Å²) in [4.78, 5) is 0.159. The Labute approximate surface area is 221 Å². The highest BCUT2D eigenvalue weighted by Crippen LogP contribution is 2.50. The number of hydrogen-bond acceptors (Lipinski definition) is 4. The normalized spacial score (nSPS) is 15.7. The first-order chi connectivity index (χ1) is 17.0. The third-order valence-corrected chi connectivity index (χ3v) is 10.4. The monoisotopic (exact) mass is 560 g/mol. The molecule has 0 aromatic heterocycles. The van der Waals surface area contributed by atoms with Crippen LogP contribution in [-0.2, 0) is 20.0 Å². The summed E-state index contributed by atoms with van der Waals surface area (Å²) in [5, 5.41) is 0.221. The van der Waals surface area contributed by atoms with Gasteiger partial charge in [-0.05, 0) is 69.2 Å². The molecule has 0 bridgehead atoms. The molecular weight excluding hydrogens is 539 g/mol. The van der Waals surface area contributed by atoms with Gasteiger partial charge < -0.3 is 0 Å². The van der Waals surface area contributed by atoms with E-state index < -0.39 is 20.0 Å². The molecule has 5 rings (SSSR count). The van der Waals surface area contributed by atoms with Crippen LogP contribution in [0, 0.1) is 13.8 Å². The molecule has 3 aromatic carbocycles. The lowest BCUT2D eigenvalue weighted by molar-refractivity contribution is 0.588. The zero-order valence-electron chi connectivity index (χ0n) is 19.4. The first-order valence-electron chi connectivity index (χ1n) is 11.1. The Morgan fingerprint density at radius 3 is 1.64 bits per heavy atom. The van der Waals surface area contributed by atoms with Crippen LogP contribution in [0.2, 0.25) is 10.0 Å². The van der Waals surface area contributed by atoms with E-state index in [1.807, 2.05) is 19.9 Å². The number of rotatable bonds is 4. The number of hydrogen-bond donors (Lipinski definition) is 0. The van der Waals surface area contributed by atoms with Crippen LogP contribution in [0.25, 0.3) is 0 Å². The van der Waals surface area contributed by atoms with Crippen LogP contribution in [0.1, 0.15) is 24.0 Å². The Morgan fingerprint density at radius 1 is 0.694 bits per heavy atom. The van der Waals surface area contributed by atoms with E-state index in [-0.39, 0.29) is 36.9 Å². The minimum absolute atomic E-state index is 0.0748. The third-order valence-electron chi connectivity index (χ3n) is 6.16. The van der Waals surface area contributed by atoms with Crippen molar-refractivity contribution < 1.29 is 16.8 Å². The van der Waals surface area contributed by atoms with E-state index in [4.69, 9.17) is 23.2 Å². The van der Waals surface area contributed by atoms with Crippen LogP contribution < -0.4 is 8.61 Å². The SMILES string of the molecule is Cc1ccc(S(=O)(=O)N2C3=C(CCC=C3)N(S(=O)(=O)c3ccc(C)cc3)c3cc(Cl)c(Cl)cc32)cc1. The Balaban J connectivity index is 1.82. The Bertz CT molecular complexity index is 1650. The molecular formula is C26H22Cl2N2O4S2. The fourth-order valence-electron chi connectivity index (χ4n) is 4.32. The summed E-state index contributed by atoms with van der Waals surface area (Å²) in [6, 6.07) is 15.8. The largest absolute Gasteiger partial charge is 0.268 e. The Hall–Kier alpha value is -2.78. The number of allylic oxidation sites excluding steroid dienone is 3. The summed E-state index contributed by atoms with van der Waals surface area (Å²) < 4.78 is 58.4. The summed E-state index contributed by atoms with van der Waals surface area (Å²) >= 11 is 12.7. The smallest absolute Gasteiger partial charge is 0.234 e. The van der Waals surface area contributed by atoms with E-state index in [1.54, 1.807) is 30.3 Å². The van der Waals surface area contributed by atoms with Gasteiger partial charge in [-0.1, -0.05) is 64.7 Å². The zero-order valence-corrected chi connectivity index (χ0v) is 22.6. The summed E-state index contributed by atoms with van der Waals surface area (Å²) in [5.74, 6) is 0. The van der Waals surface area contributed by atoms with Crippen molar-refractivity contribution in [2.75, 3.05) is 8.61 Å². The van der Waals surface area contributed by atoms with Gasteiger partial charge in [0.2, 0.25) is 0 Å². The van der Waals surface area contributed by atoms with Crippen LogP contribution in [0.3, 0.4) is 0 Å². The molecule has 36 heavy (non-hydrogen) atoms. The number of fused-ring (bicyclic) bond motifs is 1. The molecule has 10 heteroatoms. The summed E-state index contributed by atoms with van der Waals surface area (Å²) in [6.45, 7) is 3.74. The fraction of sp³-hybridized carbons (Fsp3) is 0.154. The van der Waals surface area contributed by atoms with Crippen LogP contribution >= 0.6 is 23.2 Å². The maximum absolute atomic E-state index is 14.0. The number of sulfonamides is 2. The predicted molar refractivity (Wildman–Crippen MR) is 144 cm³/mol. The minimum atomic E-state index is -4.13. The van der Waals surface area contributed by atoms with E-state index in [2.05, 4.69) is 0 Å². The summed E-state index contributed by atoms with van der Waals surface area (Å²) in [6.07, 6.45) is 4.34. The summed E-state index contributed by atoms with van der Waals surface area (Å²) in [7, 11) is -8.24. The fourth-order valence-corrected chi connectivity index (χ4v) is 7.73. The number of nitrogens with zero attached hydrogens (tertiary/aromatic N) is 2. The molecule has 0 spiro atoms. The lowest BCUT2D eigenvalue weighted by atomic mass is 10.0. The van der Waals surface area contributed by atoms with Gasteiger partial charge in [0.15, 0.2) is 0 Å². The summed E-state index contributed by atoms with van der Waals surface area (Å²) in [5.41, 5.74) is 2.65. The van der Waals surface area contributed by atoms with Crippen molar-refractivity contribution in [1.29, 1.82) is 0 Å². The second-order valence-electron chi connectivity index (χ2n) is 8.69. The van der Waals surface area contributed by atoms with Crippen molar-refractivity contribution in [1.82, 2.24) is 0 Å². The Kier molecular flexibility index (Phi) is 6.19. The van der Waals surface area contributed by atoms with Crippen LogP contribution in [0.4, 0.5) is 11.4 Å². The van der Waals surface area contributed by atoms with Gasteiger partial charge >= 0.3 is 0 Å². The van der Waals surface area contributed by atoms with Crippen LogP contribution in [0.15, 0.2) is 94.0 Å². The van der Waals surface area contributed by atoms with Gasteiger partial charge in [0.05, 0.1) is 42.6 Å². The first kappa shape index (κ1) is 24.9. The van der Waals surface area contributed by atoms with Gasteiger partial charge in [0.25, 0.3) is 20.0 Å². The molecule has 186 valence electrons. The molecule has 3 aromatic rings. The van der Waals surface area contributed by atoms with Crippen molar-refractivity contribution in [3.63, 3.8) is 0 Å². The van der Waals surface area contributed by atoms with Crippen molar-refractivity contribution in [2.24, 2.45) is 0 Å². The standard InChI is InChI=1S/C26H22Cl2N2O4S2/c1-17-7-11-19(12-8-17)35(31,32)29-23-5-3-4-6-24(23)30(26-16-22(28)21(27)15-25(26)29)36(33,34)20-13-9-18(2)10-14-20/h3,5,7-16H,4,6H2,1-2H3. The maximum Gasteiger partial charge on any atom is 0.268 e. The highest BCUT2D eigenvalue weighted by atomic mass is 35.5. The Morgan fingerprint density at radius 2 is 1.14 bits per heavy atom. The van der Waals surface area contributed by atoms with E-state index in [0.29, 0.717) is 18.5 Å². The molecule has 0 radical (unpaired) electrons.